The van der Waals surface area contributed by atoms with Crippen molar-refractivity contribution in [3.63, 3.8) is 0 Å². The second-order valence-electron chi connectivity index (χ2n) is 4.62. The molecule has 0 radical (unpaired) electrons. The first kappa shape index (κ1) is 10.2. The lowest BCUT2D eigenvalue weighted by Crippen LogP contribution is -2.01. The van der Waals surface area contributed by atoms with Gasteiger partial charge in [-0.2, -0.15) is 0 Å². The van der Waals surface area contributed by atoms with Crippen LogP contribution in [0.25, 0.3) is 11.0 Å². The molecule has 0 saturated carbocycles. The number of hydrogen-bond donors (Lipinski definition) is 0. The smallest absolute Gasteiger partial charge is 0.140 e. The molecule has 15 heavy (non-hydrogen) atoms. The molecule has 0 bridgehead atoms. The zero-order valence-electron chi connectivity index (χ0n) is 9.86. The van der Waals surface area contributed by atoms with Gasteiger partial charge in [0.15, 0.2) is 0 Å². The number of pyridine rings is 1. The van der Waals surface area contributed by atoms with Crippen LogP contribution in [0.4, 0.5) is 0 Å². The van der Waals surface area contributed by atoms with E-state index in [4.69, 9.17) is 4.98 Å². The van der Waals surface area contributed by atoms with Crippen molar-refractivity contribution < 1.29 is 0 Å². The maximum atomic E-state index is 4.72. The third kappa shape index (κ3) is 1.76. The van der Waals surface area contributed by atoms with Gasteiger partial charge in [0, 0.05) is 23.3 Å². The molecular weight excluding hydrogens is 184 g/mol. The van der Waals surface area contributed by atoms with Gasteiger partial charge in [-0.1, -0.05) is 13.8 Å². The molecule has 0 aliphatic rings. The number of nitrogens with zero attached hydrogens (tertiary/aromatic N) is 2. The van der Waals surface area contributed by atoms with E-state index in [2.05, 4.69) is 56.7 Å². The maximum Gasteiger partial charge on any atom is 0.140 e. The van der Waals surface area contributed by atoms with Crippen molar-refractivity contribution in [2.24, 2.45) is 0 Å². The molecular formula is C13H18N2. The molecule has 2 rings (SSSR count). The van der Waals surface area contributed by atoms with Crippen LogP contribution in [0, 0.1) is 0 Å². The molecule has 2 aromatic rings. The summed E-state index contributed by atoms with van der Waals surface area (Å²) in [6.07, 6.45) is 2.12. The van der Waals surface area contributed by atoms with Gasteiger partial charge in [0.2, 0.25) is 0 Å². The predicted molar refractivity (Wildman–Crippen MR) is 64.2 cm³/mol. The van der Waals surface area contributed by atoms with E-state index in [1.165, 1.54) is 11.1 Å². The molecule has 2 heteroatoms. The van der Waals surface area contributed by atoms with Crippen LogP contribution >= 0.6 is 0 Å². The van der Waals surface area contributed by atoms with Crippen LogP contribution in [0.5, 0.6) is 0 Å². The van der Waals surface area contributed by atoms with Crippen LogP contribution in [-0.2, 0) is 0 Å². The highest BCUT2D eigenvalue weighted by molar-refractivity contribution is 5.76. The van der Waals surface area contributed by atoms with Gasteiger partial charge in [-0.15, -0.1) is 0 Å². The summed E-state index contributed by atoms with van der Waals surface area (Å²) in [5.74, 6) is 0.491. The van der Waals surface area contributed by atoms with E-state index in [9.17, 15) is 0 Å². The number of rotatable bonds is 2. The van der Waals surface area contributed by atoms with Gasteiger partial charge >= 0.3 is 0 Å². The van der Waals surface area contributed by atoms with Gasteiger partial charge in [0.05, 0.1) is 0 Å². The fraction of sp³-hybridized carbons (Fsp3) is 0.462. The van der Waals surface area contributed by atoms with Crippen molar-refractivity contribution in [3.8, 4) is 0 Å². The first-order valence-electron chi connectivity index (χ1n) is 5.57. The molecule has 0 spiro atoms. The average molecular weight is 202 g/mol. The molecule has 80 valence electrons. The molecule has 2 heterocycles. The van der Waals surface area contributed by atoms with Crippen molar-refractivity contribution in [3.05, 3.63) is 30.1 Å². The van der Waals surface area contributed by atoms with Gasteiger partial charge in [0.25, 0.3) is 0 Å². The lowest BCUT2D eigenvalue weighted by atomic mass is 10.1. The Balaban J connectivity index is 2.61. The zero-order chi connectivity index (χ0) is 11.0. The molecule has 0 aliphatic carbocycles. The molecule has 2 aromatic heterocycles. The van der Waals surface area contributed by atoms with Gasteiger partial charge in [0.1, 0.15) is 5.65 Å². The van der Waals surface area contributed by atoms with Crippen molar-refractivity contribution in [2.75, 3.05) is 0 Å². The summed E-state index contributed by atoms with van der Waals surface area (Å²) in [6, 6.07) is 6.89. The number of aromatic nitrogens is 2. The minimum Gasteiger partial charge on any atom is -0.330 e. The van der Waals surface area contributed by atoms with E-state index in [-0.39, 0.29) is 0 Å². The lowest BCUT2D eigenvalue weighted by molar-refractivity contribution is 0.616. The molecule has 0 aliphatic heterocycles. The van der Waals surface area contributed by atoms with Crippen LogP contribution in [0.15, 0.2) is 24.4 Å². The standard InChI is InChI=1S/C13H18N2/c1-9(2)12-6-5-11-7-8-15(10(3)4)13(11)14-12/h5-10H,1-4H3. The summed E-state index contributed by atoms with van der Waals surface area (Å²) in [4.78, 5) is 4.72. The van der Waals surface area contributed by atoms with Crippen molar-refractivity contribution in [1.29, 1.82) is 0 Å². The summed E-state index contributed by atoms with van der Waals surface area (Å²) in [5, 5.41) is 1.23. The molecule has 0 saturated heterocycles. The van der Waals surface area contributed by atoms with E-state index in [1.54, 1.807) is 0 Å². The molecule has 0 amide bonds. The quantitative estimate of drug-likeness (QED) is 0.725. The van der Waals surface area contributed by atoms with Crippen LogP contribution in [0.1, 0.15) is 45.3 Å². The van der Waals surface area contributed by atoms with E-state index < -0.39 is 0 Å². The number of fused-ring (bicyclic) bond motifs is 1. The SMILES string of the molecule is CC(C)c1ccc2ccn(C(C)C)c2n1. The molecule has 0 atom stereocenters. The van der Waals surface area contributed by atoms with Crippen LogP contribution < -0.4 is 0 Å². The fourth-order valence-electron chi connectivity index (χ4n) is 1.78. The Morgan fingerprint density at radius 3 is 2.40 bits per heavy atom. The van der Waals surface area contributed by atoms with E-state index in [1.807, 2.05) is 0 Å². The average Bonchev–Trinajstić information content (AvgIpc) is 2.59. The predicted octanol–water partition coefficient (Wildman–Crippen LogP) is 3.74. The molecule has 0 aromatic carbocycles. The molecule has 0 N–H and O–H groups in total. The van der Waals surface area contributed by atoms with Gasteiger partial charge < -0.3 is 4.57 Å². The highest BCUT2D eigenvalue weighted by Crippen LogP contribution is 2.21. The first-order chi connectivity index (χ1) is 7.09. The normalized spacial score (nSPS) is 11.9. The highest BCUT2D eigenvalue weighted by Gasteiger charge is 2.07. The lowest BCUT2D eigenvalue weighted by Gasteiger charge is -2.10. The van der Waals surface area contributed by atoms with E-state index in [0.717, 1.165) is 5.65 Å². The van der Waals surface area contributed by atoms with E-state index >= 15 is 0 Å². The summed E-state index contributed by atoms with van der Waals surface area (Å²) in [5.41, 5.74) is 2.28. The highest BCUT2D eigenvalue weighted by atomic mass is 15.0. The van der Waals surface area contributed by atoms with E-state index in [0.29, 0.717) is 12.0 Å². The maximum absolute atomic E-state index is 4.72. The minimum absolute atomic E-state index is 0.470. The summed E-state index contributed by atoms with van der Waals surface area (Å²) in [7, 11) is 0. The van der Waals surface area contributed by atoms with Gasteiger partial charge in [-0.3, -0.25) is 0 Å². The second kappa shape index (κ2) is 3.69. The third-order valence-electron chi connectivity index (χ3n) is 2.73. The topological polar surface area (TPSA) is 17.8 Å². The summed E-state index contributed by atoms with van der Waals surface area (Å²) >= 11 is 0. The first-order valence-corrected chi connectivity index (χ1v) is 5.57. The minimum atomic E-state index is 0.470. The molecule has 0 fully saturated rings. The summed E-state index contributed by atoms with van der Waals surface area (Å²) in [6.45, 7) is 8.72. The Kier molecular flexibility index (Phi) is 2.51. The molecule has 2 nitrogen and oxygen atoms in total. The van der Waals surface area contributed by atoms with Gasteiger partial charge in [-0.05, 0) is 38.0 Å². The van der Waals surface area contributed by atoms with Crippen LogP contribution in [-0.4, -0.2) is 9.55 Å². The number of hydrogen-bond acceptors (Lipinski definition) is 1. The fourth-order valence-corrected chi connectivity index (χ4v) is 1.78. The Bertz CT molecular complexity index is 466. The molecule has 0 unspecified atom stereocenters. The van der Waals surface area contributed by atoms with Crippen molar-refractivity contribution >= 4 is 11.0 Å². The largest absolute Gasteiger partial charge is 0.330 e. The van der Waals surface area contributed by atoms with Gasteiger partial charge in [-0.25, -0.2) is 4.98 Å². The Morgan fingerprint density at radius 2 is 1.80 bits per heavy atom. The Morgan fingerprint density at radius 1 is 1.07 bits per heavy atom. The Hall–Kier alpha value is -1.31. The second-order valence-corrected chi connectivity index (χ2v) is 4.62. The van der Waals surface area contributed by atoms with Crippen molar-refractivity contribution in [2.45, 2.75) is 39.7 Å². The Labute approximate surface area is 90.9 Å². The monoisotopic (exact) mass is 202 g/mol. The van der Waals surface area contributed by atoms with Crippen LogP contribution in [0.2, 0.25) is 0 Å². The third-order valence-corrected chi connectivity index (χ3v) is 2.73. The van der Waals surface area contributed by atoms with Crippen molar-refractivity contribution in [1.82, 2.24) is 9.55 Å². The van der Waals surface area contributed by atoms with Crippen LogP contribution in [0.3, 0.4) is 0 Å². The zero-order valence-corrected chi connectivity index (χ0v) is 9.86. The summed E-state index contributed by atoms with van der Waals surface area (Å²) < 4.78 is 2.22.